The standard InChI is InChI=1S/C29H32N12O3/c1-39-21(16-33-29(39)38-42)17-41-18-34-26(37-41)19-13-23-24(32-15-19)14-25(40-9-11-43-12-10-40)36-27(23)44-22-5-3-20(4-6-22)35-28-30-7-2-8-31-28/h2,7-8,13-16,18,20,22H,3-6,9-12,17H2,1H3,(H,30,31,35)/t20-,22+. The Morgan fingerprint density at radius 1 is 1.02 bits per heavy atom. The lowest BCUT2D eigenvalue weighted by molar-refractivity contribution is 0.122. The molecule has 7 rings (SSSR count). The number of imidazole rings is 1. The van der Waals surface area contributed by atoms with Gasteiger partial charge in [-0.25, -0.2) is 24.6 Å². The number of hydrogen-bond acceptors (Lipinski definition) is 13. The number of nitrogens with zero attached hydrogens (tertiary/aromatic N) is 11. The second-order valence-corrected chi connectivity index (χ2v) is 10.9. The molecule has 0 aromatic carbocycles. The van der Waals surface area contributed by atoms with Crippen molar-refractivity contribution in [3.05, 3.63) is 59.9 Å². The van der Waals surface area contributed by atoms with Crippen molar-refractivity contribution in [3.63, 3.8) is 0 Å². The summed E-state index contributed by atoms with van der Waals surface area (Å²) < 4.78 is 15.5. The Morgan fingerprint density at radius 3 is 2.61 bits per heavy atom. The van der Waals surface area contributed by atoms with Crippen LogP contribution in [0.15, 0.2) is 54.5 Å². The van der Waals surface area contributed by atoms with E-state index in [1.807, 2.05) is 18.2 Å². The normalized spacial score (nSPS) is 18.8. The van der Waals surface area contributed by atoms with Gasteiger partial charge < -0.3 is 24.3 Å². The zero-order chi connectivity index (χ0) is 29.9. The molecule has 1 saturated heterocycles. The molecule has 0 spiro atoms. The van der Waals surface area contributed by atoms with Crippen LogP contribution in [0.5, 0.6) is 5.88 Å². The van der Waals surface area contributed by atoms with Crippen molar-refractivity contribution in [2.24, 2.45) is 12.2 Å². The van der Waals surface area contributed by atoms with Crippen molar-refractivity contribution in [2.75, 3.05) is 36.5 Å². The van der Waals surface area contributed by atoms with Crippen molar-refractivity contribution in [1.82, 2.24) is 44.3 Å². The van der Waals surface area contributed by atoms with Crippen molar-refractivity contribution in [3.8, 4) is 17.3 Å². The van der Waals surface area contributed by atoms with E-state index >= 15 is 0 Å². The molecule has 0 amide bonds. The second kappa shape index (κ2) is 12.3. The Balaban J connectivity index is 1.13. The minimum Gasteiger partial charge on any atom is -0.474 e. The van der Waals surface area contributed by atoms with Gasteiger partial charge in [-0.1, -0.05) is 0 Å². The number of morpholine rings is 1. The smallest absolute Gasteiger partial charge is 0.271 e. The van der Waals surface area contributed by atoms with Crippen molar-refractivity contribution >= 4 is 28.6 Å². The number of nitroso groups, excluding NO2 is 1. The van der Waals surface area contributed by atoms with Crippen molar-refractivity contribution in [2.45, 2.75) is 44.4 Å². The third kappa shape index (κ3) is 5.90. The monoisotopic (exact) mass is 596 g/mol. The highest BCUT2D eigenvalue weighted by Gasteiger charge is 2.25. The van der Waals surface area contributed by atoms with Crippen LogP contribution in [0.2, 0.25) is 0 Å². The predicted octanol–water partition coefficient (Wildman–Crippen LogP) is 3.50. The predicted molar refractivity (Wildman–Crippen MR) is 162 cm³/mol. The highest BCUT2D eigenvalue weighted by molar-refractivity contribution is 5.88. The van der Waals surface area contributed by atoms with Gasteiger partial charge in [0.1, 0.15) is 18.2 Å². The molecular formula is C29H32N12O3. The molecule has 5 aromatic heterocycles. The third-order valence-corrected chi connectivity index (χ3v) is 8.08. The van der Waals surface area contributed by atoms with Crippen LogP contribution in [0, 0.1) is 4.91 Å². The van der Waals surface area contributed by atoms with Crippen LogP contribution in [0.1, 0.15) is 31.4 Å². The summed E-state index contributed by atoms with van der Waals surface area (Å²) >= 11 is 0. The van der Waals surface area contributed by atoms with E-state index in [-0.39, 0.29) is 12.1 Å². The maximum atomic E-state index is 10.9. The Bertz CT molecular complexity index is 1740. The molecule has 0 atom stereocenters. The van der Waals surface area contributed by atoms with Gasteiger partial charge in [0, 0.05) is 61.6 Å². The van der Waals surface area contributed by atoms with Gasteiger partial charge in [-0.05, 0) is 37.8 Å². The lowest BCUT2D eigenvalue weighted by atomic mass is 9.93. The van der Waals surface area contributed by atoms with Gasteiger partial charge in [-0.2, -0.15) is 10.1 Å². The quantitative estimate of drug-likeness (QED) is 0.247. The fraction of sp³-hybridized carbons (Fsp3) is 0.414. The number of rotatable bonds is 9. The van der Waals surface area contributed by atoms with Crippen LogP contribution >= 0.6 is 0 Å². The van der Waals surface area contributed by atoms with Gasteiger partial charge in [0.15, 0.2) is 5.82 Å². The number of pyridine rings is 2. The number of anilines is 2. The molecule has 1 aliphatic heterocycles. The summed E-state index contributed by atoms with van der Waals surface area (Å²) in [7, 11) is 1.74. The number of aromatic nitrogens is 9. The Hall–Kier alpha value is -5.05. The topological polar surface area (TPSA) is 163 Å². The van der Waals surface area contributed by atoms with Gasteiger partial charge in [0.05, 0.1) is 42.6 Å². The van der Waals surface area contributed by atoms with E-state index in [0.29, 0.717) is 43.5 Å². The van der Waals surface area contributed by atoms with Crippen LogP contribution in [-0.4, -0.2) is 82.7 Å². The van der Waals surface area contributed by atoms with E-state index in [9.17, 15) is 4.91 Å². The minimum atomic E-state index is 0.0195. The average molecular weight is 597 g/mol. The highest BCUT2D eigenvalue weighted by atomic mass is 16.5. The first kappa shape index (κ1) is 27.8. The zero-order valence-electron chi connectivity index (χ0n) is 24.3. The molecule has 15 nitrogen and oxygen atoms in total. The zero-order valence-corrected chi connectivity index (χ0v) is 24.3. The van der Waals surface area contributed by atoms with Gasteiger partial charge in [0.2, 0.25) is 11.8 Å². The lowest BCUT2D eigenvalue weighted by Gasteiger charge is -2.31. The lowest BCUT2D eigenvalue weighted by Crippen LogP contribution is -2.37. The SMILES string of the molecule is Cn1c(Cn2cnc(-c3cnc4cc(N5CCOCC5)nc(O[C@H]5CC[C@@H](Nc6ncccn6)CC5)c4c3)n2)cnc1N=O. The van der Waals surface area contributed by atoms with E-state index in [2.05, 4.69) is 40.4 Å². The molecule has 1 aliphatic carbocycles. The summed E-state index contributed by atoms with van der Waals surface area (Å²) in [5, 5.41) is 11.8. The molecule has 2 fully saturated rings. The maximum Gasteiger partial charge on any atom is 0.271 e. The van der Waals surface area contributed by atoms with Crippen molar-refractivity contribution in [1.29, 1.82) is 0 Å². The van der Waals surface area contributed by atoms with Crippen LogP contribution < -0.4 is 15.0 Å². The summed E-state index contributed by atoms with van der Waals surface area (Å²) in [5.74, 6) is 2.68. The summed E-state index contributed by atoms with van der Waals surface area (Å²) in [5.41, 5.74) is 2.32. The van der Waals surface area contributed by atoms with Crippen LogP contribution in [0.25, 0.3) is 22.3 Å². The molecule has 1 N–H and O–H groups in total. The maximum absolute atomic E-state index is 10.9. The molecule has 0 bridgehead atoms. The first-order chi connectivity index (χ1) is 21.6. The Morgan fingerprint density at radius 2 is 1.84 bits per heavy atom. The van der Waals surface area contributed by atoms with Crippen LogP contribution in [-0.2, 0) is 18.3 Å². The summed E-state index contributed by atoms with van der Waals surface area (Å²) in [6, 6.07) is 6.10. The van der Waals surface area contributed by atoms with E-state index in [4.69, 9.17) is 19.4 Å². The van der Waals surface area contributed by atoms with E-state index in [1.54, 1.807) is 47.4 Å². The number of hydrogen-bond donors (Lipinski definition) is 1. The van der Waals surface area contributed by atoms with Crippen LogP contribution in [0.3, 0.4) is 0 Å². The molecule has 6 heterocycles. The van der Waals surface area contributed by atoms with Gasteiger partial charge >= 0.3 is 0 Å². The number of ether oxygens (including phenoxy) is 2. The van der Waals surface area contributed by atoms with Gasteiger partial charge in [-0.3, -0.25) is 4.98 Å². The first-order valence-corrected chi connectivity index (χ1v) is 14.7. The molecule has 15 heteroatoms. The van der Waals surface area contributed by atoms with E-state index in [1.165, 1.54) is 0 Å². The first-order valence-electron chi connectivity index (χ1n) is 14.7. The fourth-order valence-electron chi connectivity index (χ4n) is 5.62. The Labute approximate surface area is 252 Å². The average Bonchev–Trinajstić information content (AvgIpc) is 3.69. The molecule has 0 radical (unpaired) electrons. The fourth-order valence-corrected chi connectivity index (χ4v) is 5.62. The Kier molecular flexibility index (Phi) is 7.75. The van der Waals surface area contributed by atoms with Gasteiger partial charge in [0.25, 0.3) is 5.95 Å². The molecule has 44 heavy (non-hydrogen) atoms. The van der Waals surface area contributed by atoms with E-state index < -0.39 is 0 Å². The molecule has 226 valence electrons. The van der Waals surface area contributed by atoms with E-state index in [0.717, 1.165) is 66.8 Å². The molecule has 5 aromatic rings. The number of fused-ring (bicyclic) bond motifs is 1. The molecule has 2 aliphatic rings. The summed E-state index contributed by atoms with van der Waals surface area (Å²) in [6.45, 7) is 3.22. The van der Waals surface area contributed by atoms with Gasteiger partial charge in [-0.15, -0.1) is 4.91 Å². The molecule has 1 saturated carbocycles. The largest absolute Gasteiger partial charge is 0.474 e. The summed E-state index contributed by atoms with van der Waals surface area (Å²) in [4.78, 5) is 40.1. The minimum absolute atomic E-state index is 0.0195. The van der Waals surface area contributed by atoms with Crippen LogP contribution in [0.4, 0.5) is 17.7 Å². The number of nitrogens with one attached hydrogen (secondary N) is 1. The molecule has 0 unspecified atom stereocenters. The second-order valence-electron chi connectivity index (χ2n) is 10.9. The van der Waals surface area contributed by atoms with Crippen molar-refractivity contribution < 1.29 is 9.47 Å². The molecular weight excluding hydrogens is 564 g/mol. The third-order valence-electron chi connectivity index (χ3n) is 8.08. The summed E-state index contributed by atoms with van der Waals surface area (Å²) in [6.07, 6.45) is 12.2. The highest BCUT2D eigenvalue weighted by Crippen LogP contribution is 2.33.